The van der Waals surface area contributed by atoms with Crippen molar-refractivity contribution >= 4 is 29.3 Å². The van der Waals surface area contributed by atoms with Crippen LogP contribution in [0.2, 0.25) is 0 Å². The van der Waals surface area contributed by atoms with Gasteiger partial charge in [-0.05, 0) is 46.7 Å². The maximum absolute atomic E-state index is 12.7. The molecule has 2 N–H and O–H groups in total. The fourth-order valence-corrected chi connectivity index (χ4v) is 3.86. The topological polar surface area (TPSA) is 102 Å². The standard InChI is InChI=1S/C24H22N6O2S/c31-22(17-33-24-27-28-29-30(24)19-11-5-2-6-12-19)26-21-14-8-7-13-20(21)23(32)25-16-15-18-9-3-1-4-10-18/h1-14H,15-17H2,(H,25,32)(H,26,31). The van der Waals surface area contributed by atoms with E-state index in [2.05, 4.69) is 26.2 Å². The van der Waals surface area contributed by atoms with Crippen molar-refractivity contribution in [1.29, 1.82) is 0 Å². The van der Waals surface area contributed by atoms with E-state index in [-0.39, 0.29) is 17.6 Å². The second-order valence-corrected chi connectivity index (χ2v) is 8.03. The van der Waals surface area contributed by atoms with E-state index in [0.717, 1.165) is 17.7 Å². The van der Waals surface area contributed by atoms with Crippen LogP contribution in [0.4, 0.5) is 5.69 Å². The molecular weight excluding hydrogens is 436 g/mol. The highest BCUT2D eigenvalue weighted by atomic mass is 32.2. The molecule has 0 fully saturated rings. The summed E-state index contributed by atoms with van der Waals surface area (Å²) in [5, 5.41) is 17.9. The van der Waals surface area contributed by atoms with Crippen LogP contribution in [0.5, 0.6) is 0 Å². The lowest BCUT2D eigenvalue weighted by Crippen LogP contribution is -2.27. The zero-order valence-corrected chi connectivity index (χ0v) is 18.5. The first kappa shape index (κ1) is 22.2. The first-order valence-corrected chi connectivity index (χ1v) is 11.4. The molecule has 0 bridgehead atoms. The third-order valence-corrected chi connectivity index (χ3v) is 5.68. The van der Waals surface area contributed by atoms with Crippen molar-refractivity contribution < 1.29 is 9.59 Å². The number of hydrogen-bond acceptors (Lipinski definition) is 6. The summed E-state index contributed by atoms with van der Waals surface area (Å²) in [6.45, 7) is 0.503. The predicted molar refractivity (Wildman–Crippen MR) is 127 cm³/mol. The number of benzene rings is 3. The maximum Gasteiger partial charge on any atom is 0.253 e. The van der Waals surface area contributed by atoms with Gasteiger partial charge in [0.1, 0.15) is 0 Å². The van der Waals surface area contributed by atoms with Gasteiger partial charge in [0.25, 0.3) is 5.91 Å². The number of nitrogens with zero attached hydrogens (tertiary/aromatic N) is 4. The third-order valence-electron chi connectivity index (χ3n) is 4.76. The fraction of sp³-hybridized carbons (Fsp3) is 0.125. The zero-order valence-electron chi connectivity index (χ0n) is 17.7. The first-order valence-electron chi connectivity index (χ1n) is 10.4. The van der Waals surface area contributed by atoms with Gasteiger partial charge in [0.2, 0.25) is 11.1 Å². The highest BCUT2D eigenvalue weighted by Gasteiger charge is 2.15. The van der Waals surface area contributed by atoms with Gasteiger partial charge in [-0.1, -0.05) is 72.4 Å². The van der Waals surface area contributed by atoms with Crippen molar-refractivity contribution in [1.82, 2.24) is 25.5 Å². The minimum atomic E-state index is -0.257. The van der Waals surface area contributed by atoms with Crippen LogP contribution in [0.1, 0.15) is 15.9 Å². The Balaban J connectivity index is 1.33. The van der Waals surface area contributed by atoms with E-state index in [0.29, 0.717) is 23.0 Å². The van der Waals surface area contributed by atoms with E-state index in [1.807, 2.05) is 60.7 Å². The summed E-state index contributed by atoms with van der Waals surface area (Å²) >= 11 is 1.22. The Morgan fingerprint density at radius 1 is 0.879 bits per heavy atom. The second kappa shape index (κ2) is 11.1. The molecule has 0 saturated carbocycles. The van der Waals surface area contributed by atoms with E-state index in [1.165, 1.54) is 11.8 Å². The van der Waals surface area contributed by atoms with Crippen LogP contribution in [-0.4, -0.2) is 44.3 Å². The molecular formula is C24H22N6O2S. The molecule has 0 unspecified atom stereocenters. The average Bonchev–Trinajstić information content (AvgIpc) is 3.33. The van der Waals surface area contributed by atoms with Crippen LogP contribution >= 0.6 is 11.8 Å². The lowest BCUT2D eigenvalue weighted by atomic mass is 10.1. The molecule has 4 rings (SSSR count). The van der Waals surface area contributed by atoms with Crippen molar-refractivity contribution in [3.63, 3.8) is 0 Å². The van der Waals surface area contributed by atoms with Crippen molar-refractivity contribution in [2.24, 2.45) is 0 Å². The molecule has 8 nitrogen and oxygen atoms in total. The molecule has 33 heavy (non-hydrogen) atoms. The maximum atomic E-state index is 12.7. The normalized spacial score (nSPS) is 10.5. The molecule has 0 saturated heterocycles. The SMILES string of the molecule is O=C(CSc1nnnn1-c1ccccc1)Nc1ccccc1C(=O)NCCc1ccccc1. The van der Waals surface area contributed by atoms with Gasteiger partial charge in [0.05, 0.1) is 22.7 Å². The highest BCUT2D eigenvalue weighted by molar-refractivity contribution is 7.99. The Morgan fingerprint density at radius 3 is 2.36 bits per heavy atom. The molecule has 1 heterocycles. The van der Waals surface area contributed by atoms with Crippen molar-refractivity contribution in [3.8, 4) is 5.69 Å². The number of hydrogen-bond donors (Lipinski definition) is 2. The van der Waals surface area contributed by atoms with E-state index in [4.69, 9.17) is 0 Å². The van der Waals surface area contributed by atoms with Crippen molar-refractivity contribution in [2.75, 3.05) is 17.6 Å². The number of thioether (sulfide) groups is 1. The van der Waals surface area contributed by atoms with Crippen LogP contribution in [0, 0.1) is 0 Å². The molecule has 2 amide bonds. The molecule has 0 aliphatic carbocycles. The Morgan fingerprint density at radius 2 is 1.58 bits per heavy atom. The summed E-state index contributed by atoms with van der Waals surface area (Å²) in [4.78, 5) is 25.3. The number of nitrogens with one attached hydrogen (secondary N) is 2. The second-order valence-electron chi connectivity index (χ2n) is 7.08. The number of anilines is 1. The molecule has 0 atom stereocenters. The number of rotatable bonds is 9. The summed E-state index contributed by atoms with van der Waals surface area (Å²) in [5.74, 6) is -0.397. The van der Waals surface area contributed by atoms with Gasteiger partial charge < -0.3 is 10.6 Å². The van der Waals surface area contributed by atoms with Gasteiger partial charge in [0.15, 0.2) is 0 Å². The van der Waals surface area contributed by atoms with E-state index < -0.39 is 0 Å². The molecule has 0 aliphatic rings. The summed E-state index contributed by atoms with van der Waals surface area (Å²) in [5.41, 5.74) is 2.83. The van der Waals surface area contributed by atoms with Gasteiger partial charge in [-0.2, -0.15) is 4.68 Å². The van der Waals surface area contributed by atoms with Gasteiger partial charge in [-0.3, -0.25) is 9.59 Å². The molecule has 166 valence electrons. The number of para-hydroxylation sites is 2. The molecule has 1 aromatic heterocycles. The molecule has 0 aliphatic heterocycles. The van der Waals surface area contributed by atoms with E-state index in [1.54, 1.807) is 28.9 Å². The van der Waals surface area contributed by atoms with Crippen LogP contribution in [-0.2, 0) is 11.2 Å². The molecule has 9 heteroatoms. The Labute approximate surface area is 195 Å². The molecule has 4 aromatic rings. The van der Waals surface area contributed by atoms with Crippen molar-refractivity contribution in [3.05, 3.63) is 96.1 Å². The number of carbonyl (C=O) groups excluding carboxylic acids is 2. The van der Waals surface area contributed by atoms with Crippen LogP contribution < -0.4 is 10.6 Å². The Bertz CT molecular complexity index is 1210. The summed E-state index contributed by atoms with van der Waals surface area (Å²) in [6.07, 6.45) is 0.730. The minimum absolute atomic E-state index is 0.0944. The minimum Gasteiger partial charge on any atom is -0.352 e. The molecule has 3 aromatic carbocycles. The van der Waals surface area contributed by atoms with Gasteiger partial charge >= 0.3 is 0 Å². The number of aromatic nitrogens is 4. The van der Waals surface area contributed by atoms with E-state index in [9.17, 15) is 9.59 Å². The van der Waals surface area contributed by atoms with Gasteiger partial charge in [-0.15, -0.1) is 5.10 Å². The van der Waals surface area contributed by atoms with Gasteiger partial charge in [0, 0.05) is 6.54 Å². The predicted octanol–water partition coefficient (Wildman–Crippen LogP) is 3.37. The van der Waals surface area contributed by atoms with E-state index >= 15 is 0 Å². The summed E-state index contributed by atoms with van der Waals surface area (Å²) < 4.78 is 1.58. The summed E-state index contributed by atoms with van der Waals surface area (Å²) in [6, 6.07) is 26.3. The fourth-order valence-electron chi connectivity index (χ4n) is 3.17. The summed E-state index contributed by atoms with van der Waals surface area (Å²) in [7, 11) is 0. The monoisotopic (exact) mass is 458 g/mol. The quantitative estimate of drug-likeness (QED) is 0.373. The van der Waals surface area contributed by atoms with Crippen LogP contribution in [0.15, 0.2) is 90.1 Å². The first-order chi connectivity index (χ1) is 16.2. The van der Waals surface area contributed by atoms with Gasteiger partial charge in [-0.25, -0.2) is 0 Å². The van der Waals surface area contributed by atoms with Crippen molar-refractivity contribution in [2.45, 2.75) is 11.6 Å². The number of tetrazole rings is 1. The number of carbonyl (C=O) groups is 2. The lowest BCUT2D eigenvalue weighted by molar-refractivity contribution is -0.113. The lowest BCUT2D eigenvalue weighted by Gasteiger charge is -2.11. The third kappa shape index (κ3) is 6.05. The molecule has 0 radical (unpaired) electrons. The zero-order chi connectivity index (χ0) is 22.9. The smallest absolute Gasteiger partial charge is 0.253 e. The largest absolute Gasteiger partial charge is 0.352 e. The van der Waals surface area contributed by atoms with Crippen LogP contribution in [0.25, 0.3) is 5.69 Å². The highest BCUT2D eigenvalue weighted by Crippen LogP contribution is 2.20. The Hall–Kier alpha value is -3.98. The van der Waals surface area contributed by atoms with Crippen LogP contribution in [0.3, 0.4) is 0 Å². The Kier molecular flexibility index (Phi) is 7.44. The average molecular weight is 459 g/mol. The molecule has 0 spiro atoms. The number of amides is 2.